The molecule has 0 amide bonds. The lowest BCUT2D eigenvalue weighted by atomic mass is 9.92. The van der Waals surface area contributed by atoms with Crippen LogP contribution in [0, 0.1) is 29.1 Å². The molecule has 2 nitrogen and oxygen atoms in total. The van der Waals surface area contributed by atoms with E-state index >= 15 is 0 Å². The Bertz CT molecular complexity index is 521. The summed E-state index contributed by atoms with van der Waals surface area (Å²) in [6, 6.07) is 12.4. The van der Waals surface area contributed by atoms with E-state index in [1.54, 1.807) is 0 Å². The Morgan fingerprint density at radius 1 is 1.32 bits per heavy atom. The Kier molecular flexibility index (Phi) is 3.35. The van der Waals surface area contributed by atoms with Crippen LogP contribution in [0.2, 0.25) is 0 Å². The van der Waals surface area contributed by atoms with Crippen LogP contribution in [-0.2, 0) is 11.3 Å². The number of hydrogen-bond donors (Lipinski definition) is 0. The molecular weight excluding hydrogens is 258 g/mol. The summed E-state index contributed by atoms with van der Waals surface area (Å²) < 4.78 is 5.81. The van der Waals surface area contributed by atoms with Crippen molar-refractivity contribution in [1.82, 2.24) is 0 Å². The summed E-state index contributed by atoms with van der Waals surface area (Å²) in [5, 5.41) is 9.21. The number of fused-ring (bicyclic) bond motifs is 2. The Balaban J connectivity index is 1.57. The molecule has 1 fully saturated rings. The minimum atomic E-state index is -0.708. The quantitative estimate of drug-likeness (QED) is 0.621. The first-order valence-corrected chi connectivity index (χ1v) is 7.01. The van der Waals surface area contributed by atoms with Crippen LogP contribution in [0.15, 0.2) is 42.5 Å². The molecule has 0 aliphatic heterocycles. The number of rotatable bonds is 4. The molecule has 2 aliphatic carbocycles. The molecular formula is C16H16ClNO. The van der Waals surface area contributed by atoms with E-state index in [2.05, 4.69) is 30.4 Å². The van der Waals surface area contributed by atoms with Crippen molar-refractivity contribution < 1.29 is 4.74 Å². The van der Waals surface area contributed by atoms with Crippen molar-refractivity contribution in [3.63, 3.8) is 0 Å². The third kappa shape index (κ3) is 2.29. The summed E-state index contributed by atoms with van der Waals surface area (Å²) in [7, 11) is 0. The molecule has 3 heteroatoms. The molecule has 98 valence electrons. The second-order valence-electron chi connectivity index (χ2n) is 5.42. The molecule has 0 radical (unpaired) electrons. The maximum absolute atomic E-state index is 9.21. The van der Waals surface area contributed by atoms with E-state index in [4.69, 9.17) is 16.3 Å². The predicted octanol–water partition coefficient (Wildman–Crippen LogP) is 3.53. The van der Waals surface area contributed by atoms with Crippen molar-refractivity contribution in [2.45, 2.75) is 17.9 Å². The number of halogens is 1. The summed E-state index contributed by atoms with van der Waals surface area (Å²) in [6.45, 7) is 1.30. The van der Waals surface area contributed by atoms with Gasteiger partial charge in [-0.1, -0.05) is 42.5 Å². The smallest absolute Gasteiger partial charge is 0.138 e. The number of benzene rings is 1. The molecule has 1 aromatic rings. The Morgan fingerprint density at radius 2 is 2.11 bits per heavy atom. The summed E-state index contributed by atoms with van der Waals surface area (Å²) in [5.41, 5.74) is 1.18. The Hall–Kier alpha value is -1.30. The zero-order chi connectivity index (χ0) is 13.3. The highest BCUT2D eigenvalue weighted by atomic mass is 35.5. The van der Waals surface area contributed by atoms with Gasteiger partial charge in [0.2, 0.25) is 0 Å². The number of ether oxygens (including phenoxy) is 1. The van der Waals surface area contributed by atoms with E-state index in [0.29, 0.717) is 25.0 Å². The maximum Gasteiger partial charge on any atom is 0.138 e. The molecule has 0 heterocycles. The molecule has 0 spiro atoms. The lowest BCUT2D eigenvalue weighted by Gasteiger charge is -2.21. The van der Waals surface area contributed by atoms with Crippen LogP contribution in [0.5, 0.6) is 0 Å². The molecule has 2 bridgehead atoms. The van der Waals surface area contributed by atoms with Gasteiger partial charge >= 0.3 is 0 Å². The third-order valence-corrected chi connectivity index (χ3v) is 4.74. The van der Waals surface area contributed by atoms with E-state index < -0.39 is 4.87 Å². The van der Waals surface area contributed by atoms with Gasteiger partial charge in [-0.25, -0.2) is 0 Å². The monoisotopic (exact) mass is 273 g/mol. The van der Waals surface area contributed by atoms with Crippen molar-refractivity contribution in [3.05, 3.63) is 48.0 Å². The van der Waals surface area contributed by atoms with Crippen LogP contribution in [0.25, 0.3) is 0 Å². The van der Waals surface area contributed by atoms with E-state index in [9.17, 15) is 5.26 Å². The minimum absolute atomic E-state index is 0.139. The van der Waals surface area contributed by atoms with Gasteiger partial charge in [0.25, 0.3) is 0 Å². The average Bonchev–Trinajstić information content (AvgIpc) is 2.95. The second-order valence-corrected chi connectivity index (χ2v) is 6.09. The van der Waals surface area contributed by atoms with Crippen LogP contribution >= 0.6 is 11.6 Å². The average molecular weight is 274 g/mol. The van der Waals surface area contributed by atoms with Gasteiger partial charge in [-0.05, 0) is 23.8 Å². The number of hydrogen-bond acceptors (Lipinski definition) is 2. The zero-order valence-electron chi connectivity index (χ0n) is 10.6. The molecule has 0 aromatic heterocycles. The molecule has 0 saturated heterocycles. The molecule has 19 heavy (non-hydrogen) atoms. The van der Waals surface area contributed by atoms with Crippen molar-refractivity contribution >= 4 is 11.6 Å². The van der Waals surface area contributed by atoms with Gasteiger partial charge < -0.3 is 4.74 Å². The normalized spacial score (nSPS) is 35.5. The fourth-order valence-corrected chi connectivity index (χ4v) is 3.65. The second kappa shape index (κ2) is 5.00. The number of alkyl halides is 1. The van der Waals surface area contributed by atoms with Gasteiger partial charge in [0.05, 0.1) is 19.3 Å². The highest BCUT2D eigenvalue weighted by Gasteiger charge is 2.54. The van der Waals surface area contributed by atoms with Gasteiger partial charge in [0, 0.05) is 5.92 Å². The largest absolute Gasteiger partial charge is 0.376 e. The van der Waals surface area contributed by atoms with Gasteiger partial charge in [0.1, 0.15) is 4.87 Å². The van der Waals surface area contributed by atoms with E-state index in [-0.39, 0.29) is 5.92 Å². The van der Waals surface area contributed by atoms with Crippen molar-refractivity contribution in [2.75, 3.05) is 6.61 Å². The first-order valence-electron chi connectivity index (χ1n) is 6.63. The van der Waals surface area contributed by atoms with E-state index in [1.807, 2.05) is 18.2 Å². The van der Waals surface area contributed by atoms with Crippen LogP contribution in [0.3, 0.4) is 0 Å². The predicted molar refractivity (Wildman–Crippen MR) is 74.5 cm³/mol. The highest BCUT2D eigenvalue weighted by molar-refractivity contribution is 6.26. The van der Waals surface area contributed by atoms with E-state index in [1.165, 1.54) is 5.56 Å². The molecule has 2 aliphatic rings. The summed E-state index contributed by atoms with van der Waals surface area (Å²) in [6.07, 6.45) is 5.05. The van der Waals surface area contributed by atoms with Crippen LogP contribution in [0.4, 0.5) is 0 Å². The number of allylic oxidation sites excluding steroid dienone is 2. The molecule has 3 rings (SSSR count). The summed E-state index contributed by atoms with van der Waals surface area (Å²) in [4.78, 5) is -0.708. The van der Waals surface area contributed by atoms with Crippen LogP contribution < -0.4 is 0 Å². The van der Waals surface area contributed by atoms with Crippen molar-refractivity contribution in [2.24, 2.45) is 17.8 Å². The minimum Gasteiger partial charge on any atom is -0.376 e. The van der Waals surface area contributed by atoms with Crippen LogP contribution in [0.1, 0.15) is 12.0 Å². The Labute approximate surface area is 118 Å². The Morgan fingerprint density at radius 3 is 2.79 bits per heavy atom. The van der Waals surface area contributed by atoms with Gasteiger partial charge in [-0.2, -0.15) is 5.26 Å². The molecule has 1 unspecified atom stereocenters. The summed E-state index contributed by atoms with van der Waals surface area (Å²) >= 11 is 6.37. The number of nitrogens with zero attached hydrogens (tertiary/aromatic N) is 1. The van der Waals surface area contributed by atoms with Gasteiger partial charge in [-0.15, -0.1) is 11.6 Å². The van der Waals surface area contributed by atoms with Gasteiger partial charge in [0.15, 0.2) is 0 Å². The first-order chi connectivity index (χ1) is 9.23. The SMILES string of the molecule is N#CC1(Cl)C[C@@H]2C=C[C@H]1[C@H]2COCc1ccccc1. The molecule has 1 aromatic carbocycles. The molecule has 4 atom stereocenters. The number of nitriles is 1. The molecule has 1 saturated carbocycles. The standard InChI is InChI=1S/C16H16ClNO/c17-16(11-18)8-13-6-7-15(16)14(13)10-19-9-12-4-2-1-3-5-12/h1-7,13-15H,8-10H2/t13-,14-,15-,16?/m0/s1. The lowest BCUT2D eigenvalue weighted by Crippen LogP contribution is -2.27. The zero-order valence-corrected chi connectivity index (χ0v) is 11.4. The summed E-state index contributed by atoms with van der Waals surface area (Å²) in [5.74, 6) is 0.902. The van der Waals surface area contributed by atoms with Crippen molar-refractivity contribution in [1.29, 1.82) is 5.26 Å². The maximum atomic E-state index is 9.21. The highest BCUT2D eigenvalue weighted by Crippen LogP contribution is 2.53. The fraction of sp³-hybridized carbons (Fsp3) is 0.438. The van der Waals surface area contributed by atoms with E-state index in [0.717, 1.165) is 6.42 Å². The first kappa shape index (κ1) is 12.7. The van der Waals surface area contributed by atoms with Crippen LogP contribution in [-0.4, -0.2) is 11.5 Å². The topological polar surface area (TPSA) is 33.0 Å². The molecule has 0 N–H and O–H groups in total. The third-order valence-electron chi connectivity index (χ3n) is 4.25. The lowest BCUT2D eigenvalue weighted by molar-refractivity contribution is 0.0744. The fourth-order valence-electron chi connectivity index (χ4n) is 3.24. The van der Waals surface area contributed by atoms with Crippen molar-refractivity contribution in [3.8, 4) is 6.07 Å². The van der Waals surface area contributed by atoms with Gasteiger partial charge in [-0.3, -0.25) is 0 Å².